The lowest BCUT2D eigenvalue weighted by Crippen LogP contribution is -2.30. The van der Waals surface area contributed by atoms with E-state index in [0.29, 0.717) is 19.5 Å². The van der Waals surface area contributed by atoms with Gasteiger partial charge in [-0.3, -0.25) is 9.59 Å². The number of aromatic carboxylic acids is 1. The number of ether oxygens (including phenoxy) is 2. The fourth-order valence-corrected chi connectivity index (χ4v) is 2.53. The summed E-state index contributed by atoms with van der Waals surface area (Å²) in [7, 11) is 2.78. The van der Waals surface area contributed by atoms with Crippen molar-refractivity contribution in [2.75, 3.05) is 32.6 Å². The lowest BCUT2D eigenvalue weighted by Gasteiger charge is -2.18. The van der Waals surface area contributed by atoms with Gasteiger partial charge in [-0.25, -0.2) is 4.79 Å². The third-order valence-corrected chi connectivity index (χ3v) is 3.91. The molecule has 0 aliphatic rings. The zero-order valence-corrected chi connectivity index (χ0v) is 15.6. The highest BCUT2D eigenvalue weighted by Crippen LogP contribution is 2.36. The molecular weight excluding hydrogens is 340 g/mol. The van der Waals surface area contributed by atoms with Crippen molar-refractivity contribution in [3.8, 4) is 11.5 Å². The molecule has 1 aromatic rings. The monoisotopic (exact) mass is 366 g/mol. The molecular formula is C18H26N2O6. The normalized spacial score (nSPS) is 10.2. The van der Waals surface area contributed by atoms with Crippen LogP contribution >= 0.6 is 0 Å². The van der Waals surface area contributed by atoms with E-state index in [0.717, 1.165) is 0 Å². The molecule has 1 rings (SSSR count). The number of nitrogens with one attached hydrogen (secondary N) is 1. The molecule has 0 aliphatic heterocycles. The maximum absolute atomic E-state index is 12.2. The van der Waals surface area contributed by atoms with Crippen molar-refractivity contribution in [1.82, 2.24) is 4.90 Å². The second kappa shape index (κ2) is 10.3. The van der Waals surface area contributed by atoms with Crippen LogP contribution in [0.1, 0.15) is 43.5 Å². The first-order valence-electron chi connectivity index (χ1n) is 8.44. The van der Waals surface area contributed by atoms with Crippen LogP contribution in [0.3, 0.4) is 0 Å². The third-order valence-electron chi connectivity index (χ3n) is 3.91. The lowest BCUT2D eigenvalue weighted by molar-refractivity contribution is -0.131. The Balaban J connectivity index is 2.78. The molecule has 0 saturated heterocycles. The smallest absolute Gasteiger partial charge is 0.335 e. The van der Waals surface area contributed by atoms with Gasteiger partial charge in [0.15, 0.2) is 11.5 Å². The van der Waals surface area contributed by atoms with E-state index in [1.54, 1.807) is 4.90 Å². The Labute approximate surface area is 153 Å². The summed E-state index contributed by atoms with van der Waals surface area (Å²) in [4.78, 5) is 37.0. The molecule has 144 valence electrons. The summed E-state index contributed by atoms with van der Waals surface area (Å²) < 4.78 is 10.3. The molecule has 0 saturated carbocycles. The van der Waals surface area contributed by atoms with Gasteiger partial charge in [-0.1, -0.05) is 0 Å². The Hall–Kier alpha value is -2.77. The second-order valence-electron chi connectivity index (χ2n) is 5.53. The maximum Gasteiger partial charge on any atom is 0.335 e. The number of rotatable bonds is 10. The van der Waals surface area contributed by atoms with Crippen molar-refractivity contribution < 1.29 is 29.0 Å². The third kappa shape index (κ3) is 5.65. The minimum absolute atomic E-state index is 0.00919. The number of carboxylic acids is 1. The standard InChI is InChI=1S/C18H26N2O6/c1-5-20(6-2)16(22)9-7-8-15(21)19-13-10-12(18(23)24)11-14(25-3)17(13)26-4/h10-11H,5-9H2,1-4H3,(H,19,21)(H,23,24). The van der Waals surface area contributed by atoms with Crippen LogP contribution in [0.2, 0.25) is 0 Å². The van der Waals surface area contributed by atoms with E-state index in [1.165, 1.54) is 26.4 Å². The lowest BCUT2D eigenvalue weighted by atomic mass is 10.1. The summed E-state index contributed by atoms with van der Waals surface area (Å²) in [6, 6.07) is 2.63. The first-order valence-corrected chi connectivity index (χ1v) is 8.44. The van der Waals surface area contributed by atoms with Gasteiger partial charge in [-0.15, -0.1) is 0 Å². The Kier molecular flexibility index (Phi) is 8.41. The van der Waals surface area contributed by atoms with Crippen LogP contribution < -0.4 is 14.8 Å². The van der Waals surface area contributed by atoms with E-state index >= 15 is 0 Å². The predicted octanol–water partition coefficient (Wildman–Crippen LogP) is 2.38. The first kappa shape index (κ1) is 21.3. The van der Waals surface area contributed by atoms with Crippen LogP contribution in [-0.2, 0) is 9.59 Å². The van der Waals surface area contributed by atoms with Crippen molar-refractivity contribution in [2.45, 2.75) is 33.1 Å². The number of methoxy groups -OCH3 is 2. The molecule has 8 nitrogen and oxygen atoms in total. The highest BCUT2D eigenvalue weighted by atomic mass is 16.5. The van der Waals surface area contributed by atoms with Crippen molar-refractivity contribution >= 4 is 23.5 Å². The molecule has 2 N–H and O–H groups in total. The quantitative estimate of drug-likeness (QED) is 0.659. The summed E-state index contributed by atoms with van der Waals surface area (Å²) >= 11 is 0. The second-order valence-corrected chi connectivity index (χ2v) is 5.53. The molecule has 0 spiro atoms. The zero-order valence-electron chi connectivity index (χ0n) is 15.6. The molecule has 0 bridgehead atoms. The summed E-state index contributed by atoms with van der Waals surface area (Å²) in [6.45, 7) is 5.09. The maximum atomic E-state index is 12.2. The van der Waals surface area contributed by atoms with E-state index in [-0.39, 0.29) is 47.4 Å². The Morgan fingerprint density at radius 2 is 1.73 bits per heavy atom. The molecule has 0 unspecified atom stereocenters. The molecule has 2 amide bonds. The Morgan fingerprint density at radius 1 is 1.08 bits per heavy atom. The predicted molar refractivity (Wildman–Crippen MR) is 96.9 cm³/mol. The SMILES string of the molecule is CCN(CC)C(=O)CCCC(=O)Nc1cc(C(=O)O)cc(OC)c1OC. The molecule has 8 heteroatoms. The number of carbonyl (C=O) groups excluding carboxylic acids is 2. The number of nitrogens with zero attached hydrogens (tertiary/aromatic N) is 1. The van der Waals surface area contributed by atoms with Gasteiger partial charge in [0.2, 0.25) is 11.8 Å². The van der Waals surface area contributed by atoms with Gasteiger partial charge >= 0.3 is 5.97 Å². The Bertz CT molecular complexity index is 655. The number of carboxylic acid groups (broad SMARTS) is 1. The van der Waals surface area contributed by atoms with Crippen LogP contribution in [0.15, 0.2) is 12.1 Å². The number of hydrogen-bond acceptors (Lipinski definition) is 5. The van der Waals surface area contributed by atoms with Gasteiger partial charge in [-0.2, -0.15) is 0 Å². The topological polar surface area (TPSA) is 105 Å². The number of benzene rings is 1. The Morgan fingerprint density at radius 3 is 2.23 bits per heavy atom. The van der Waals surface area contributed by atoms with Crippen LogP contribution in [0.25, 0.3) is 0 Å². The van der Waals surface area contributed by atoms with Crippen molar-refractivity contribution in [3.63, 3.8) is 0 Å². The first-order chi connectivity index (χ1) is 12.4. The molecule has 0 heterocycles. The summed E-state index contributed by atoms with van der Waals surface area (Å²) in [6.07, 6.45) is 0.819. The van der Waals surface area contributed by atoms with E-state index < -0.39 is 5.97 Å². The molecule has 1 aromatic carbocycles. The van der Waals surface area contributed by atoms with Gasteiger partial charge in [-0.05, 0) is 32.4 Å². The van der Waals surface area contributed by atoms with Crippen LogP contribution in [-0.4, -0.2) is 55.1 Å². The van der Waals surface area contributed by atoms with Crippen LogP contribution in [0.5, 0.6) is 11.5 Å². The summed E-state index contributed by atoms with van der Waals surface area (Å²) in [5, 5.41) is 11.8. The number of amides is 2. The summed E-state index contributed by atoms with van der Waals surface area (Å²) in [5.41, 5.74) is 0.180. The molecule has 0 atom stereocenters. The van der Waals surface area contributed by atoms with Crippen LogP contribution in [0.4, 0.5) is 5.69 Å². The van der Waals surface area contributed by atoms with Crippen molar-refractivity contribution in [2.24, 2.45) is 0 Å². The van der Waals surface area contributed by atoms with Crippen LogP contribution in [0, 0.1) is 0 Å². The molecule has 0 aromatic heterocycles. The van der Waals surface area contributed by atoms with Crippen molar-refractivity contribution in [3.05, 3.63) is 17.7 Å². The van der Waals surface area contributed by atoms with E-state index in [9.17, 15) is 19.5 Å². The molecule has 26 heavy (non-hydrogen) atoms. The minimum Gasteiger partial charge on any atom is -0.493 e. The van der Waals surface area contributed by atoms with Crippen molar-refractivity contribution in [1.29, 1.82) is 0 Å². The van der Waals surface area contributed by atoms with Gasteiger partial charge in [0.25, 0.3) is 0 Å². The molecule has 0 fully saturated rings. The fourth-order valence-electron chi connectivity index (χ4n) is 2.53. The average Bonchev–Trinajstić information content (AvgIpc) is 2.61. The molecule has 0 aliphatic carbocycles. The van der Waals surface area contributed by atoms with E-state index in [1.807, 2.05) is 13.8 Å². The van der Waals surface area contributed by atoms with Gasteiger partial charge in [0.1, 0.15) is 0 Å². The van der Waals surface area contributed by atoms with Gasteiger partial charge in [0, 0.05) is 25.9 Å². The highest BCUT2D eigenvalue weighted by molar-refractivity contribution is 5.96. The highest BCUT2D eigenvalue weighted by Gasteiger charge is 2.18. The average molecular weight is 366 g/mol. The summed E-state index contributed by atoms with van der Waals surface area (Å²) in [5.74, 6) is -1.02. The number of hydrogen-bond donors (Lipinski definition) is 2. The van der Waals surface area contributed by atoms with E-state index in [2.05, 4.69) is 5.32 Å². The largest absolute Gasteiger partial charge is 0.493 e. The minimum atomic E-state index is -1.15. The van der Waals surface area contributed by atoms with E-state index in [4.69, 9.17) is 9.47 Å². The zero-order chi connectivity index (χ0) is 19.7. The number of carbonyl (C=O) groups is 3. The van der Waals surface area contributed by atoms with Gasteiger partial charge in [0.05, 0.1) is 25.5 Å². The fraction of sp³-hybridized carbons (Fsp3) is 0.500. The number of anilines is 1. The molecule has 0 radical (unpaired) electrons. The van der Waals surface area contributed by atoms with Gasteiger partial charge < -0.3 is 24.8 Å².